The maximum absolute atomic E-state index is 13.4. The van der Waals surface area contributed by atoms with Crippen LogP contribution < -0.4 is 10.6 Å². The molecule has 1 aromatic rings. The third-order valence-corrected chi connectivity index (χ3v) is 4.05. The van der Waals surface area contributed by atoms with Gasteiger partial charge in [0, 0.05) is 13.1 Å². The van der Waals surface area contributed by atoms with Crippen LogP contribution in [0.25, 0.3) is 0 Å². The van der Waals surface area contributed by atoms with Gasteiger partial charge in [-0.25, -0.2) is 9.18 Å². The number of para-hydroxylation sites is 1. The summed E-state index contributed by atoms with van der Waals surface area (Å²) in [5.74, 6) is 0.385. The lowest BCUT2D eigenvalue weighted by molar-refractivity contribution is 0.181. The summed E-state index contributed by atoms with van der Waals surface area (Å²) in [6.45, 7) is 6.41. The zero-order chi connectivity index (χ0) is 15.8. The Morgan fingerprint density at radius 2 is 2.18 bits per heavy atom. The minimum absolute atomic E-state index is 0.210. The van der Waals surface area contributed by atoms with Gasteiger partial charge < -0.3 is 15.5 Å². The number of nitrogens with one attached hydrogen (secondary N) is 2. The van der Waals surface area contributed by atoms with Crippen LogP contribution in [0, 0.1) is 11.7 Å². The molecule has 5 heteroatoms. The number of benzene rings is 1. The van der Waals surface area contributed by atoms with Gasteiger partial charge in [-0.2, -0.15) is 0 Å². The molecule has 1 fully saturated rings. The van der Waals surface area contributed by atoms with E-state index in [2.05, 4.69) is 22.5 Å². The smallest absolute Gasteiger partial charge is 0.319 e. The first-order valence-electron chi connectivity index (χ1n) is 8.17. The fourth-order valence-corrected chi connectivity index (χ4v) is 2.88. The van der Waals surface area contributed by atoms with E-state index in [0.717, 1.165) is 25.3 Å². The Morgan fingerprint density at radius 3 is 2.95 bits per heavy atom. The molecule has 0 aromatic heterocycles. The number of unbranched alkanes of at least 4 members (excludes halogenated alkanes) is 1. The zero-order valence-corrected chi connectivity index (χ0v) is 13.3. The van der Waals surface area contributed by atoms with Crippen molar-refractivity contribution in [2.24, 2.45) is 5.92 Å². The van der Waals surface area contributed by atoms with Gasteiger partial charge in [-0.3, -0.25) is 0 Å². The van der Waals surface area contributed by atoms with Gasteiger partial charge in [0.05, 0.1) is 5.69 Å². The number of hydrogen-bond donors (Lipinski definition) is 2. The van der Waals surface area contributed by atoms with Crippen LogP contribution in [0.5, 0.6) is 0 Å². The van der Waals surface area contributed by atoms with E-state index in [4.69, 9.17) is 0 Å². The summed E-state index contributed by atoms with van der Waals surface area (Å²) in [5.41, 5.74) is 0.210. The standard InChI is InChI=1S/C17H26FN3O/c1-14-7-6-12-21(13-14)11-5-4-10-19-17(22)20-16-9-3-2-8-15(16)18/h2-3,8-9,14H,4-7,10-13H2,1H3,(H2,19,20,22). The quantitative estimate of drug-likeness (QED) is 0.791. The van der Waals surface area contributed by atoms with Crippen molar-refractivity contribution in [2.75, 3.05) is 31.5 Å². The highest BCUT2D eigenvalue weighted by Crippen LogP contribution is 2.15. The van der Waals surface area contributed by atoms with Gasteiger partial charge in [0.2, 0.25) is 0 Å². The van der Waals surface area contributed by atoms with E-state index in [1.165, 1.54) is 32.0 Å². The lowest BCUT2D eigenvalue weighted by Gasteiger charge is -2.30. The van der Waals surface area contributed by atoms with E-state index >= 15 is 0 Å². The number of anilines is 1. The normalized spacial score (nSPS) is 18.9. The number of hydrogen-bond acceptors (Lipinski definition) is 2. The van der Waals surface area contributed by atoms with Crippen molar-refractivity contribution in [1.82, 2.24) is 10.2 Å². The zero-order valence-electron chi connectivity index (χ0n) is 13.3. The Morgan fingerprint density at radius 1 is 1.36 bits per heavy atom. The number of carbonyl (C=O) groups is 1. The molecule has 0 saturated carbocycles. The second-order valence-electron chi connectivity index (χ2n) is 6.12. The summed E-state index contributed by atoms with van der Waals surface area (Å²) in [6.07, 6.45) is 4.65. The lowest BCUT2D eigenvalue weighted by Crippen LogP contribution is -2.35. The third kappa shape index (κ3) is 5.64. The molecule has 1 heterocycles. The first kappa shape index (κ1) is 16.7. The van der Waals surface area contributed by atoms with E-state index in [1.54, 1.807) is 18.2 Å². The van der Waals surface area contributed by atoms with Crippen molar-refractivity contribution >= 4 is 11.7 Å². The topological polar surface area (TPSA) is 44.4 Å². The van der Waals surface area contributed by atoms with Crippen molar-refractivity contribution in [1.29, 1.82) is 0 Å². The molecule has 1 atom stereocenters. The molecule has 1 aromatic carbocycles. The Labute approximate surface area is 132 Å². The molecule has 0 spiro atoms. The molecule has 2 rings (SSSR count). The van der Waals surface area contributed by atoms with E-state index in [9.17, 15) is 9.18 Å². The van der Waals surface area contributed by atoms with Gasteiger partial charge in [0.1, 0.15) is 5.82 Å². The number of rotatable bonds is 6. The second-order valence-corrected chi connectivity index (χ2v) is 6.12. The van der Waals surface area contributed by atoms with Crippen molar-refractivity contribution in [2.45, 2.75) is 32.6 Å². The van der Waals surface area contributed by atoms with Crippen molar-refractivity contribution in [3.63, 3.8) is 0 Å². The summed E-state index contributed by atoms with van der Waals surface area (Å²) >= 11 is 0. The average molecular weight is 307 g/mol. The molecular weight excluding hydrogens is 281 g/mol. The van der Waals surface area contributed by atoms with E-state index in [-0.39, 0.29) is 11.7 Å². The second kappa shape index (κ2) is 8.73. The number of urea groups is 1. The molecular formula is C17H26FN3O. The molecule has 1 aliphatic rings. The maximum Gasteiger partial charge on any atom is 0.319 e. The monoisotopic (exact) mass is 307 g/mol. The maximum atomic E-state index is 13.4. The molecule has 2 amide bonds. The Hall–Kier alpha value is -1.62. The van der Waals surface area contributed by atoms with Crippen LogP contribution in [0.15, 0.2) is 24.3 Å². The lowest BCUT2D eigenvalue weighted by atomic mass is 10.0. The van der Waals surface area contributed by atoms with Crippen LogP contribution in [-0.2, 0) is 0 Å². The van der Waals surface area contributed by atoms with Crippen molar-refractivity contribution in [3.8, 4) is 0 Å². The first-order chi connectivity index (χ1) is 10.6. The SMILES string of the molecule is CC1CCCN(CCCCNC(=O)Nc2ccccc2F)C1. The van der Waals surface area contributed by atoms with Crippen LogP contribution in [0.3, 0.4) is 0 Å². The highest BCUT2D eigenvalue weighted by Gasteiger charge is 2.15. The summed E-state index contributed by atoms with van der Waals surface area (Å²) in [7, 11) is 0. The van der Waals surface area contributed by atoms with Crippen molar-refractivity contribution in [3.05, 3.63) is 30.1 Å². The fourth-order valence-electron chi connectivity index (χ4n) is 2.88. The van der Waals surface area contributed by atoms with Gasteiger partial charge >= 0.3 is 6.03 Å². The number of likely N-dealkylation sites (tertiary alicyclic amines) is 1. The Balaban J connectivity index is 1.56. The summed E-state index contributed by atoms with van der Waals surface area (Å²) < 4.78 is 13.4. The molecule has 2 N–H and O–H groups in total. The van der Waals surface area contributed by atoms with Crippen molar-refractivity contribution < 1.29 is 9.18 Å². The van der Waals surface area contributed by atoms with Gasteiger partial charge in [-0.15, -0.1) is 0 Å². The molecule has 0 radical (unpaired) electrons. The van der Waals surface area contributed by atoms with Crippen LogP contribution in [0.2, 0.25) is 0 Å². The Kier molecular flexibility index (Phi) is 6.65. The third-order valence-electron chi connectivity index (χ3n) is 4.05. The number of amides is 2. The largest absolute Gasteiger partial charge is 0.338 e. The van der Waals surface area contributed by atoms with E-state index in [1.807, 2.05) is 0 Å². The molecule has 0 bridgehead atoms. The van der Waals surface area contributed by atoms with Crippen LogP contribution in [0.4, 0.5) is 14.9 Å². The molecule has 122 valence electrons. The molecule has 1 saturated heterocycles. The summed E-state index contributed by atoms with van der Waals surface area (Å²) in [4.78, 5) is 14.2. The number of halogens is 1. The molecule has 1 aliphatic heterocycles. The summed E-state index contributed by atoms with van der Waals surface area (Å²) in [5, 5.41) is 5.29. The van der Waals surface area contributed by atoms with E-state index < -0.39 is 5.82 Å². The minimum Gasteiger partial charge on any atom is -0.338 e. The predicted octanol–water partition coefficient (Wildman–Crippen LogP) is 3.46. The van der Waals surface area contributed by atoms with E-state index in [0.29, 0.717) is 6.54 Å². The van der Waals surface area contributed by atoms with Gasteiger partial charge in [0.15, 0.2) is 0 Å². The van der Waals surface area contributed by atoms with Gasteiger partial charge in [-0.1, -0.05) is 19.1 Å². The van der Waals surface area contributed by atoms with Gasteiger partial charge in [0.25, 0.3) is 0 Å². The molecule has 4 nitrogen and oxygen atoms in total. The number of nitrogens with zero attached hydrogens (tertiary/aromatic N) is 1. The molecule has 0 aliphatic carbocycles. The average Bonchev–Trinajstić information content (AvgIpc) is 2.49. The predicted molar refractivity (Wildman–Crippen MR) is 87.5 cm³/mol. The van der Waals surface area contributed by atoms with Crippen LogP contribution in [0.1, 0.15) is 32.6 Å². The number of carbonyl (C=O) groups excluding carboxylic acids is 1. The highest BCUT2D eigenvalue weighted by molar-refractivity contribution is 5.89. The fraction of sp³-hybridized carbons (Fsp3) is 0.588. The number of piperidine rings is 1. The van der Waals surface area contributed by atoms with Crippen LogP contribution >= 0.6 is 0 Å². The minimum atomic E-state index is -0.420. The molecule has 22 heavy (non-hydrogen) atoms. The summed E-state index contributed by atoms with van der Waals surface area (Å²) in [6, 6.07) is 5.82. The van der Waals surface area contributed by atoms with Gasteiger partial charge in [-0.05, 0) is 56.8 Å². The van der Waals surface area contributed by atoms with Crippen LogP contribution in [-0.4, -0.2) is 37.1 Å². The molecule has 1 unspecified atom stereocenters. The highest BCUT2D eigenvalue weighted by atomic mass is 19.1. The first-order valence-corrected chi connectivity index (χ1v) is 8.17. The Bertz CT molecular complexity index is 481.